The van der Waals surface area contributed by atoms with Crippen molar-refractivity contribution in [1.82, 2.24) is 19.4 Å². The topological polar surface area (TPSA) is 86.4 Å². The summed E-state index contributed by atoms with van der Waals surface area (Å²) in [5, 5.41) is 12.6. The van der Waals surface area contributed by atoms with Crippen molar-refractivity contribution in [3.63, 3.8) is 0 Å². The molecule has 38 heavy (non-hydrogen) atoms. The second kappa shape index (κ2) is 12.1. The fourth-order valence-electron chi connectivity index (χ4n) is 4.56. The van der Waals surface area contributed by atoms with Crippen molar-refractivity contribution in [2.45, 2.75) is 32.4 Å². The molecule has 4 rings (SSSR count). The molecule has 1 aliphatic rings. The minimum absolute atomic E-state index is 0.150. The Hall–Kier alpha value is -3.17. The van der Waals surface area contributed by atoms with Crippen LogP contribution in [0.15, 0.2) is 48.0 Å². The van der Waals surface area contributed by atoms with Crippen molar-refractivity contribution in [3.8, 4) is 6.07 Å². The molecule has 0 radical (unpaired) electrons. The highest BCUT2D eigenvalue weighted by atomic mass is 32.1. The number of thiophene rings is 1. The fraction of sp³-hybridized carbons (Fsp3) is 0.444. The Kier molecular flexibility index (Phi) is 8.89. The number of rotatable bonds is 10. The van der Waals surface area contributed by atoms with Gasteiger partial charge in [-0.3, -0.25) is 19.9 Å². The van der Waals surface area contributed by atoms with Crippen LogP contribution < -0.4 is 5.32 Å². The Bertz CT molecular complexity index is 1340. The quantitative estimate of drug-likeness (QED) is 0.371. The number of fused-ring (bicyclic) bond motifs is 1. The molecule has 0 spiro atoms. The Labute approximate surface area is 225 Å². The molecule has 1 aliphatic heterocycles. The average molecular weight is 543 g/mol. The molecular weight excluding hydrogens is 510 g/mol. The van der Waals surface area contributed by atoms with E-state index in [2.05, 4.69) is 40.0 Å². The van der Waals surface area contributed by atoms with Crippen LogP contribution in [0.2, 0.25) is 0 Å². The molecule has 3 heterocycles. The molecule has 11 heteroatoms. The Balaban J connectivity index is 1.46. The van der Waals surface area contributed by atoms with Crippen LogP contribution >= 0.6 is 11.3 Å². The summed E-state index contributed by atoms with van der Waals surface area (Å²) in [4.78, 5) is 21.8. The SMILES string of the molecule is CN(CCn1c(NC(=O)c2ccc(C(F)F)s2)nc2ccccc21)CC(C#N)=CC(C)(C)N1CCOCC1. The molecule has 0 bridgehead atoms. The lowest BCUT2D eigenvalue weighted by Crippen LogP contribution is -2.49. The summed E-state index contributed by atoms with van der Waals surface area (Å²) in [7, 11) is 1.95. The first-order valence-corrected chi connectivity index (χ1v) is 13.3. The zero-order valence-electron chi connectivity index (χ0n) is 21.8. The molecule has 8 nitrogen and oxygen atoms in total. The molecule has 0 atom stereocenters. The smallest absolute Gasteiger partial charge is 0.272 e. The third kappa shape index (κ3) is 6.63. The molecule has 1 N–H and O–H groups in total. The molecule has 1 fully saturated rings. The van der Waals surface area contributed by atoms with Gasteiger partial charge < -0.3 is 9.30 Å². The number of carbonyl (C=O) groups is 1. The number of hydrogen-bond acceptors (Lipinski definition) is 7. The minimum atomic E-state index is -2.62. The van der Waals surface area contributed by atoms with Crippen molar-refractivity contribution in [1.29, 1.82) is 5.26 Å². The maximum absolute atomic E-state index is 13.0. The van der Waals surface area contributed by atoms with Crippen LogP contribution in [0.1, 0.15) is 34.8 Å². The van der Waals surface area contributed by atoms with Crippen LogP contribution in [0.25, 0.3) is 11.0 Å². The number of imidazole rings is 1. The van der Waals surface area contributed by atoms with Gasteiger partial charge in [0.05, 0.1) is 40.1 Å². The standard InChI is InChI=1S/C27H32F2N6O2S/c1-27(2,34-12-14-37-15-13-34)16-19(17-30)18-33(3)10-11-35-21-7-5-4-6-20(21)31-26(35)32-25(36)23-9-8-22(38-23)24(28)29/h4-9,16,24H,10-15,18H2,1-3H3,(H,31,32,36). The second-order valence-electron chi connectivity index (χ2n) is 9.80. The first kappa shape index (κ1) is 27.9. The van der Waals surface area contributed by atoms with E-state index in [0.29, 0.717) is 44.4 Å². The van der Waals surface area contributed by atoms with Crippen LogP contribution in [-0.2, 0) is 11.3 Å². The Morgan fingerprint density at radius 3 is 2.71 bits per heavy atom. The number of likely N-dealkylation sites (N-methyl/N-ethyl adjacent to an activating group) is 1. The number of alkyl halides is 2. The number of aromatic nitrogens is 2. The zero-order valence-corrected chi connectivity index (χ0v) is 22.6. The van der Waals surface area contributed by atoms with Crippen molar-refractivity contribution in [2.24, 2.45) is 0 Å². The van der Waals surface area contributed by atoms with Gasteiger partial charge in [-0.05, 0) is 51.2 Å². The summed E-state index contributed by atoms with van der Waals surface area (Å²) in [6, 6.07) is 12.6. The van der Waals surface area contributed by atoms with E-state index in [1.807, 2.05) is 42.0 Å². The zero-order chi connectivity index (χ0) is 27.3. The maximum Gasteiger partial charge on any atom is 0.272 e. The van der Waals surface area contributed by atoms with Gasteiger partial charge in [-0.1, -0.05) is 12.1 Å². The number of nitriles is 1. The summed E-state index contributed by atoms with van der Waals surface area (Å²) in [6.45, 7) is 8.84. The average Bonchev–Trinajstić information content (AvgIpc) is 3.53. The van der Waals surface area contributed by atoms with Gasteiger partial charge in [-0.2, -0.15) is 5.26 Å². The molecule has 2 aromatic heterocycles. The van der Waals surface area contributed by atoms with Gasteiger partial charge in [0, 0.05) is 43.8 Å². The first-order valence-electron chi connectivity index (χ1n) is 12.5. The fourth-order valence-corrected chi connectivity index (χ4v) is 5.32. The molecule has 1 aromatic carbocycles. The largest absolute Gasteiger partial charge is 0.379 e. The number of amides is 1. The van der Waals surface area contributed by atoms with Crippen molar-refractivity contribution < 1.29 is 18.3 Å². The molecular formula is C27H32F2N6O2S. The third-order valence-electron chi connectivity index (χ3n) is 6.59. The molecule has 3 aromatic rings. The first-order chi connectivity index (χ1) is 18.2. The lowest BCUT2D eigenvalue weighted by atomic mass is 9.98. The van der Waals surface area contributed by atoms with Gasteiger partial charge in [-0.25, -0.2) is 13.8 Å². The summed E-state index contributed by atoms with van der Waals surface area (Å²) < 4.78 is 33.3. The van der Waals surface area contributed by atoms with E-state index >= 15 is 0 Å². The van der Waals surface area contributed by atoms with Crippen LogP contribution in [0.4, 0.5) is 14.7 Å². The Morgan fingerprint density at radius 2 is 2.03 bits per heavy atom. The minimum Gasteiger partial charge on any atom is -0.379 e. The highest BCUT2D eigenvalue weighted by Crippen LogP contribution is 2.28. The van der Waals surface area contributed by atoms with Gasteiger partial charge in [0.15, 0.2) is 0 Å². The van der Waals surface area contributed by atoms with Gasteiger partial charge >= 0.3 is 0 Å². The van der Waals surface area contributed by atoms with E-state index in [9.17, 15) is 18.8 Å². The van der Waals surface area contributed by atoms with Gasteiger partial charge in [0.2, 0.25) is 5.95 Å². The number of hydrogen-bond donors (Lipinski definition) is 1. The number of halogens is 2. The van der Waals surface area contributed by atoms with Crippen LogP contribution in [0.3, 0.4) is 0 Å². The van der Waals surface area contributed by atoms with E-state index in [1.54, 1.807) is 0 Å². The highest BCUT2D eigenvalue weighted by molar-refractivity contribution is 7.14. The van der Waals surface area contributed by atoms with Gasteiger partial charge in [-0.15, -0.1) is 11.3 Å². The van der Waals surface area contributed by atoms with E-state index in [0.717, 1.165) is 35.5 Å². The summed E-state index contributed by atoms with van der Waals surface area (Å²) >= 11 is 0.769. The molecule has 0 unspecified atom stereocenters. The number of anilines is 1. The third-order valence-corrected chi connectivity index (χ3v) is 7.68. The second-order valence-corrected chi connectivity index (χ2v) is 10.9. The van der Waals surface area contributed by atoms with E-state index in [4.69, 9.17) is 4.74 Å². The molecule has 1 saturated heterocycles. The van der Waals surface area contributed by atoms with Gasteiger partial charge in [0.1, 0.15) is 0 Å². The number of carbonyl (C=O) groups excluding carboxylic acids is 1. The number of morpholine rings is 1. The number of ether oxygens (including phenoxy) is 1. The van der Waals surface area contributed by atoms with Gasteiger partial charge in [0.25, 0.3) is 12.3 Å². The van der Waals surface area contributed by atoms with E-state index in [1.165, 1.54) is 12.1 Å². The highest BCUT2D eigenvalue weighted by Gasteiger charge is 2.27. The Morgan fingerprint density at radius 1 is 1.29 bits per heavy atom. The molecule has 1 amide bonds. The molecule has 202 valence electrons. The predicted octanol–water partition coefficient (Wildman–Crippen LogP) is 4.78. The normalized spacial score (nSPS) is 15.4. The summed E-state index contributed by atoms with van der Waals surface area (Å²) in [6.07, 6.45) is -0.588. The van der Waals surface area contributed by atoms with Crippen LogP contribution in [0.5, 0.6) is 0 Å². The predicted molar refractivity (Wildman–Crippen MR) is 145 cm³/mol. The van der Waals surface area contributed by atoms with Crippen LogP contribution in [0, 0.1) is 11.3 Å². The summed E-state index contributed by atoms with van der Waals surface area (Å²) in [5.41, 5.74) is 1.98. The molecule has 0 saturated carbocycles. The van der Waals surface area contributed by atoms with Crippen molar-refractivity contribution in [2.75, 3.05) is 51.8 Å². The summed E-state index contributed by atoms with van der Waals surface area (Å²) in [5.74, 6) is -0.132. The number of para-hydroxylation sites is 2. The monoisotopic (exact) mass is 542 g/mol. The maximum atomic E-state index is 13.0. The van der Waals surface area contributed by atoms with E-state index in [-0.39, 0.29) is 15.3 Å². The van der Waals surface area contributed by atoms with Crippen molar-refractivity contribution >= 4 is 34.2 Å². The van der Waals surface area contributed by atoms with Crippen molar-refractivity contribution in [3.05, 3.63) is 57.8 Å². The van der Waals surface area contributed by atoms with E-state index < -0.39 is 12.3 Å². The number of benzene rings is 1. The van der Waals surface area contributed by atoms with Crippen LogP contribution in [-0.4, -0.2) is 77.2 Å². The number of nitrogens with zero attached hydrogens (tertiary/aromatic N) is 5. The lowest BCUT2D eigenvalue weighted by Gasteiger charge is -2.39. The number of nitrogens with one attached hydrogen (secondary N) is 1. The molecule has 0 aliphatic carbocycles. The lowest BCUT2D eigenvalue weighted by molar-refractivity contribution is 0.00453.